The first-order valence-electron chi connectivity index (χ1n) is 5.26. The van der Waals surface area contributed by atoms with Crippen LogP contribution in [0.4, 0.5) is 0 Å². The molecule has 0 aliphatic heterocycles. The molecule has 0 unspecified atom stereocenters. The summed E-state index contributed by atoms with van der Waals surface area (Å²) in [5.41, 5.74) is 0. The van der Waals surface area contributed by atoms with Gasteiger partial charge in [-0.25, -0.2) is 0 Å². The minimum Gasteiger partial charge on any atom is -0.0837 e. The average Bonchev–Trinajstić information content (AvgIpc) is 2.10. The number of hydrogen-bond acceptors (Lipinski definition) is 1. The molecule has 0 saturated heterocycles. The lowest BCUT2D eigenvalue weighted by molar-refractivity contribution is 0.581. The first-order chi connectivity index (χ1) is 5.91. The van der Waals surface area contributed by atoms with Crippen LogP contribution in [0.2, 0.25) is 0 Å². The number of rotatable bonds is 9. The summed E-state index contributed by atoms with van der Waals surface area (Å²) in [6.45, 7) is 2.26. The van der Waals surface area contributed by atoms with Gasteiger partial charge in [-0.05, 0) is 12.8 Å². The highest BCUT2D eigenvalue weighted by atomic mass is 32.1. The van der Waals surface area contributed by atoms with E-state index in [0.717, 1.165) is 6.42 Å². The van der Waals surface area contributed by atoms with Crippen LogP contribution in [0.3, 0.4) is 0 Å². The SMILES string of the molecule is CCCCCCCCCC[C]=S. The van der Waals surface area contributed by atoms with Crippen LogP contribution in [-0.2, 0) is 0 Å². The van der Waals surface area contributed by atoms with E-state index in [2.05, 4.69) is 24.5 Å². The lowest BCUT2D eigenvalue weighted by Gasteiger charge is -1.98. The lowest BCUT2D eigenvalue weighted by Crippen LogP contribution is -1.80. The molecule has 1 radical (unpaired) electrons. The molecule has 0 heterocycles. The third-order valence-electron chi connectivity index (χ3n) is 2.13. The fourth-order valence-corrected chi connectivity index (χ4v) is 1.48. The van der Waals surface area contributed by atoms with E-state index in [0.29, 0.717) is 0 Å². The lowest BCUT2D eigenvalue weighted by atomic mass is 10.1. The molecule has 0 aromatic carbocycles. The molecule has 0 aliphatic carbocycles. The highest BCUT2D eigenvalue weighted by Gasteiger charge is 1.89. The predicted octanol–water partition coefficient (Wildman–Crippen LogP) is 4.39. The number of hydrogen-bond donors (Lipinski definition) is 0. The van der Waals surface area contributed by atoms with E-state index < -0.39 is 0 Å². The maximum absolute atomic E-state index is 4.64. The summed E-state index contributed by atoms with van der Waals surface area (Å²) >= 11 is 4.64. The standard InChI is InChI=1S/C11H21S/c1-2-3-4-5-6-7-8-9-10-11-12/h2-10H2,1H3. The predicted molar refractivity (Wildman–Crippen MR) is 59.8 cm³/mol. The Morgan fingerprint density at radius 2 is 1.33 bits per heavy atom. The molecule has 0 spiro atoms. The van der Waals surface area contributed by atoms with Crippen LogP contribution in [0.25, 0.3) is 0 Å². The van der Waals surface area contributed by atoms with Gasteiger partial charge in [0, 0.05) is 5.37 Å². The quantitative estimate of drug-likeness (QED) is 0.379. The summed E-state index contributed by atoms with van der Waals surface area (Å²) < 4.78 is 0. The van der Waals surface area contributed by atoms with Gasteiger partial charge in [0.25, 0.3) is 0 Å². The highest BCUT2D eigenvalue weighted by Crippen LogP contribution is 2.08. The minimum atomic E-state index is 1.00. The first kappa shape index (κ1) is 12.1. The molecule has 0 aromatic heterocycles. The van der Waals surface area contributed by atoms with Gasteiger partial charge in [-0.1, -0.05) is 64.1 Å². The molecule has 71 valence electrons. The second-order valence-electron chi connectivity index (χ2n) is 3.37. The molecule has 12 heavy (non-hydrogen) atoms. The van der Waals surface area contributed by atoms with E-state index >= 15 is 0 Å². The number of unbranched alkanes of at least 4 members (excludes halogenated alkanes) is 8. The minimum absolute atomic E-state index is 1.00. The Labute approximate surface area is 82.7 Å². The van der Waals surface area contributed by atoms with Crippen LogP contribution in [-0.4, -0.2) is 5.37 Å². The van der Waals surface area contributed by atoms with E-state index in [9.17, 15) is 0 Å². The van der Waals surface area contributed by atoms with Crippen molar-refractivity contribution >= 4 is 17.6 Å². The zero-order chi connectivity index (χ0) is 9.07. The van der Waals surface area contributed by atoms with Crippen LogP contribution in [0.1, 0.15) is 64.7 Å². The number of thiocarbonyl (C=S) groups is 1. The smallest absolute Gasteiger partial charge is 0.0291 e. The Morgan fingerprint density at radius 3 is 1.83 bits per heavy atom. The summed E-state index contributed by atoms with van der Waals surface area (Å²) in [6, 6.07) is 0. The highest BCUT2D eigenvalue weighted by molar-refractivity contribution is 7.78. The van der Waals surface area contributed by atoms with Crippen molar-refractivity contribution in [3.05, 3.63) is 0 Å². The average molecular weight is 185 g/mol. The van der Waals surface area contributed by atoms with E-state index in [1.165, 1.54) is 51.4 Å². The molecule has 0 amide bonds. The van der Waals surface area contributed by atoms with Gasteiger partial charge in [-0.2, -0.15) is 0 Å². The van der Waals surface area contributed by atoms with Gasteiger partial charge in [0.1, 0.15) is 0 Å². The van der Waals surface area contributed by atoms with E-state index in [1.54, 1.807) is 0 Å². The summed E-state index contributed by atoms with van der Waals surface area (Å²) in [6.07, 6.45) is 12.0. The second-order valence-corrected chi connectivity index (χ2v) is 3.66. The van der Waals surface area contributed by atoms with Crippen LogP contribution < -0.4 is 0 Å². The molecule has 0 aliphatic rings. The third kappa shape index (κ3) is 10.1. The van der Waals surface area contributed by atoms with Crippen molar-refractivity contribution in [2.45, 2.75) is 64.7 Å². The summed E-state index contributed by atoms with van der Waals surface area (Å²) in [5.74, 6) is 0. The van der Waals surface area contributed by atoms with Gasteiger partial charge in [0.15, 0.2) is 0 Å². The van der Waals surface area contributed by atoms with Crippen molar-refractivity contribution in [2.24, 2.45) is 0 Å². The molecule has 0 bridgehead atoms. The van der Waals surface area contributed by atoms with Gasteiger partial charge in [-0.3, -0.25) is 0 Å². The molecule has 0 nitrogen and oxygen atoms in total. The molecule has 1 heteroatoms. The van der Waals surface area contributed by atoms with Gasteiger partial charge >= 0.3 is 0 Å². The van der Waals surface area contributed by atoms with E-state index in [4.69, 9.17) is 0 Å². The Balaban J connectivity index is 2.77. The zero-order valence-corrected chi connectivity index (χ0v) is 9.09. The first-order valence-corrected chi connectivity index (χ1v) is 5.67. The monoisotopic (exact) mass is 185 g/mol. The van der Waals surface area contributed by atoms with Gasteiger partial charge in [-0.15, -0.1) is 0 Å². The fraction of sp³-hybridized carbons (Fsp3) is 0.909. The molecule has 0 atom stereocenters. The molecule has 0 aromatic rings. The van der Waals surface area contributed by atoms with Crippen molar-refractivity contribution in [3.63, 3.8) is 0 Å². The Hall–Kier alpha value is 0.0900. The van der Waals surface area contributed by atoms with Crippen LogP contribution >= 0.6 is 12.2 Å². The van der Waals surface area contributed by atoms with Crippen molar-refractivity contribution in [2.75, 3.05) is 0 Å². The Bertz CT molecular complexity index is 89.0. The van der Waals surface area contributed by atoms with Crippen molar-refractivity contribution in [1.29, 1.82) is 0 Å². The van der Waals surface area contributed by atoms with Gasteiger partial charge in [0.2, 0.25) is 0 Å². The van der Waals surface area contributed by atoms with Crippen molar-refractivity contribution < 1.29 is 0 Å². The van der Waals surface area contributed by atoms with Crippen LogP contribution in [0.5, 0.6) is 0 Å². The molecule has 0 fully saturated rings. The van der Waals surface area contributed by atoms with Gasteiger partial charge < -0.3 is 0 Å². The molecular formula is C11H21S. The van der Waals surface area contributed by atoms with E-state index in [-0.39, 0.29) is 0 Å². The normalized spacial score (nSPS) is 10.1. The van der Waals surface area contributed by atoms with Crippen molar-refractivity contribution in [3.8, 4) is 0 Å². The maximum atomic E-state index is 4.64. The van der Waals surface area contributed by atoms with Crippen molar-refractivity contribution in [1.82, 2.24) is 0 Å². The molecular weight excluding hydrogens is 164 g/mol. The summed E-state index contributed by atoms with van der Waals surface area (Å²) in [7, 11) is 0. The van der Waals surface area contributed by atoms with E-state index in [1.807, 2.05) is 0 Å². The largest absolute Gasteiger partial charge is 0.0837 e. The second kappa shape index (κ2) is 11.1. The fourth-order valence-electron chi connectivity index (χ4n) is 1.33. The molecule has 0 rings (SSSR count). The van der Waals surface area contributed by atoms with Crippen LogP contribution in [0, 0.1) is 0 Å². The topological polar surface area (TPSA) is 0 Å². The Kier molecular flexibility index (Phi) is 11.2. The maximum Gasteiger partial charge on any atom is 0.0291 e. The Morgan fingerprint density at radius 1 is 0.833 bits per heavy atom. The van der Waals surface area contributed by atoms with Crippen LogP contribution in [0.15, 0.2) is 0 Å². The summed E-state index contributed by atoms with van der Waals surface area (Å²) in [5, 5.41) is 2.76. The van der Waals surface area contributed by atoms with Gasteiger partial charge in [0.05, 0.1) is 0 Å². The molecule has 0 saturated carbocycles. The molecule has 0 N–H and O–H groups in total. The third-order valence-corrected chi connectivity index (χ3v) is 2.34. The zero-order valence-electron chi connectivity index (χ0n) is 8.27. The summed E-state index contributed by atoms with van der Waals surface area (Å²) in [4.78, 5) is 0.